The Balaban J connectivity index is 0.744. The molecule has 5 saturated heterocycles. The molecule has 5 aliphatic rings. The summed E-state index contributed by atoms with van der Waals surface area (Å²) in [5.41, 5.74) is 10.6. The van der Waals surface area contributed by atoms with E-state index in [2.05, 4.69) is 48.4 Å². The molecular weight excluding hydrogens is 754 g/mol. The van der Waals surface area contributed by atoms with Gasteiger partial charge < -0.3 is 35.2 Å². The smallest absolute Gasteiger partial charge is 0.236 e. The number of nitrogen functional groups attached to an aromatic ring is 1. The third-order valence-corrected chi connectivity index (χ3v) is 12.7. The Morgan fingerprint density at radius 3 is 2.32 bits per heavy atom. The number of piperazine rings is 2. The molecule has 15 heteroatoms. The molecule has 3 aromatic carbocycles. The number of ether oxygens (including phenoxy) is 1. The number of nitrogens with zero attached hydrogens (tertiary/aromatic N) is 7. The molecule has 5 fully saturated rings. The molecule has 2 bridgehead atoms. The molecule has 4 N–H and O–H groups in total. The van der Waals surface area contributed by atoms with E-state index in [4.69, 9.17) is 10.5 Å². The lowest BCUT2D eigenvalue weighted by Gasteiger charge is -2.43. The Bertz CT molecular complexity index is 2210. The lowest BCUT2D eigenvalue weighted by atomic mass is 9.90. The van der Waals surface area contributed by atoms with E-state index in [1.807, 2.05) is 34.1 Å². The van der Waals surface area contributed by atoms with Crippen LogP contribution in [0.4, 0.5) is 27.3 Å². The number of aromatic hydroxyl groups is 1. The number of fused-ring (bicyclic) bond motifs is 2. The van der Waals surface area contributed by atoms with Gasteiger partial charge in [-0.1, -0.05) is 24.3 Å². The van der Waals surface area contributed by atoms with E-state index in [9.17, 15) is 19.5 Å². The number of carbonyl (C=O) groups is 3. The number of phenolic OH excluding ortho intramolecular Hbond substituents is 1. The van der Waals surface area contributed by atoms with Gasteiger partial charge in [0.1, 0.15) is 23.4 Å². The number of nitrogens with one attached hydrogen (secondary N) is 1. The first-order valence-electron chi connectivity index (χ1n) is 20.8. The molecule has 59 heavy (non-hydrogen) atoms. The summed E-state index contributed by atoms with van der Waals surface area (Å²) in [5.74, 6) is -0.102. The number of hydrogen-bond donors (Lipinski definition) is 3. The Morgan fingerprint density at radius 1 is 0.831 bits per heavy atom. The third kappa shape index (κ3) is 8.07. The first-order valence-corrected chi connectivity index (χ1v) is 20.8. The van der Waals surface area contributed by atoms with Crippen molar-refractivity contribution < 1.29 is 28.6 Å². The van der Waals surface area contributed by atoms with E-state index in [0.717, 1.165) is 55.9 Å². The summed E-state index contributed by atoms with van der Waals surface area (Å²) in [6.45, 7) is 5.65. The van der Waals surface area contributed by atoms with E-state index in [0.29, 0.717) is 92.6 Å². The van der Waals surface area contributed by atoms with Crippen LogP contribution >= 0.6 is 0 Å². The van der Waals surface area contributed by atoms with Gasteiger partial charge in [0.05, 0.1) is 29.5 Å². The van der Waals surface area contributed by atoms with Crippen LogP contribution in [0.5, 0.6) is 11.5 Å². The standard InChI is InChI=1S/C44H50FN9O5/c45-36-22-28(34-11-13-41(56)47-44(34)58)8-12-38(36)51-20-18-50(19-21-51)27-42(57)52-16-14-32(15-17-52)59-33-5-3-4-29(23-33)54-30-9-10-31(54)26-53(25-30)39-24-37(48-49-43(39)46)35-6-1-2-7-40(35)55/h1-8,12,22-24,30-32,34,55H,9-11,13-21,25-27H2,(H2,46,49)(H,47,56,58)/t30-,31+,34-/m1/s1. The largest absolute Gasteiger partial charge is 0.507 e. The molecule has 5 aliphatic heterocycles. The number of rotatable bonds is 9. The van der Waals surface area contributed by atoms with Crippen molar-refractivity contribution in [3.63, 3.8) is 0 Å². The number of nitrogens with two attached hydrogens (primary N) is 1. The van der Waals surface area contributed by atoms with Gasteiger partial charge in [0, 0.05) is 101 Å². The molecule has 0 saturated carbocycles. The second-order valence-electron chi connectivity index (χ2n) is 16.4. The summed E-state index contributed by atoms with van der Waals surface area (Å²) in [5, 5.41) is 21.3. The lowest BCUT2D eigenvalue weighted by molar-refractivity contribution is -0.135. The molecule has 14 nitrogen and oxygen atoms in total. The molecule has 3 amide bonds. The maximum Gasteiger partial charge on any atom is 0.236 e. The SMILES string of the molecule is Nc1nnc(-c2ccccc2O)cc1N1C[C@H]2CC[C@@H](C1)N2c1cccc(OC2CCN(C(=O)CN3CCN(c4ccc([C@H]5CCC(=O)NC5=O)cc4F)CC3)CC2)c1. The summed E-state index contributed by atoms with van der Waals surface area (Å²) < 4.78 is 21.8. The van der Waals surface area contributed by atoms with Crippen molar-refractivity contribution in [2.24, 2.45) is 0 Å². The Hall–Kier alpha value is -5.96. The number of hydrogen-bond acceptors (Lipinski definition) is 12. The summed E-state index contributed by atoms with van der Waals surface area (Å²) in [6.07, 6.45) is 4.29. The fourth-order valence-electron chi connectivity index (χ4n) is 9.57. The molecule has 6 heterocycles. The highest BCUT2D eigenvalue weighted by atomic mass is 19.1. The van der Waals surface area contributed by atoms with Gasteiger partial charge in [-0.3, -0.25) is 24.6 Å². The number of anilines is 4. The Morgan fingerprint density at radius 2 is 1.59 bits per heavy atom. The van der Waals surface area contributed by atoms with Gasteiger partial charge >= 0.3 is 0 Å². The molecule has 3 atom stereocenters. The molecule has 9 rings (SSSR count). The highest BCUT2D eigenvalue weighted by Crippen LogP contribution is 2.40. The average Bonchev–Trinajstić information content (AvgIpc) is 3.50. The minimum atomic E-state index is -0.525. The summed E-state index contributed by atoms with van der Waals surface area (Å²) in [7, 11) is 0. The Labute approximate surface area is 342 Å². The predicted molar refractivity (Wildman–Crippen MR) is 222 cm³/mol. The van der Waals surface area contributed by atoms with Crippen molar-refractivity contribution in [2.75, 3.05) is 79.3 Å². The summed E-state index contributed by atoms with van der Waals surface area (Å²) in [6, 6.07) is 22.9. The number of imide groups is 1. The molecule has 1 aromatic heterocycles. The van der Waals surface area contributed by atoms with E-state index in [-0.39, 0.29) is 41.8 Å². The van der Waals surface area contributed by atoms with Crippen LogP contribution in [0, 0.1) is 5.82 Å². The normalized spacial score (nSPS) is 22.8. The zero-order valence-electron chi connectivity index (χ0n) is 33.0. The zero-order valence-corrected chi connectivity index (χ0v) is 33.0. The van der Waals surface area contributed by atoms with Crippen molar-refractivity contribution in [2.45, 2.75) is 62.6 Å². The second-order valence-corrected chi connectivity index (χ2v) is 16.4. The van der Waals surface area contributed by atoms with Gasteiger partial charge in [-0.15, -0.1) is 10.2 Å². The van der Waals surface area contributed by atoms with Gasteiger partial charge in [-0.2, -0.15) is 0 Å². The van der Waals surface area contributed by atoms with Crippen LogP contribution in [0.15, 0.2) is 72.8 Å². The van der Waals surface area contributed by atoms with Crippen LogP contribution in [0.2, 0.25) is 0 Å². The number of phenols is 1. The number of aromatic nitrogens is 2. The number of carbonyl (C=O) groups excluding carboxylic acids is 3. The maximum absolute atomic E-state index is 15.2. The highest BCUT2D eigenvalue weighted by molar-refractivity contribution is 6.01. The third-order valence-electron chi connectivity index (χ3n) is 12.7. The van der Waals surface area contributed by atoms with Crippen LogP contribution in [0.3, 0.4) is 0 Å². The van der Waals surface area contributed by atoms with Gasteiger partial charge in [0.25, 0.3) is 0 Å². The monoisotopic (exact) mass is 803 g/mol. The topological polar surface area (TPSA) is 161 Å². The van der Waals surface area contributed by atoms with Crippen LogP contribution in [-0.2, 0) is 14.4 Å². The van der Waals surface area contributed by atoms with Gasteiger partial charge in [0.15, 0.2) is 5.82 Å². The van der Waals surface area contributed by atoms with Crippen molar-refractivity contribution in [3.05, 3.63) is 84.2 Å². The molecule has 0 aliphatic carbocycles. The minimum absolute atomic E-state index is 0.0168. The molecule has 4 aromatic rings. The van der Waals surface area contributed by atoms with Gasteiger partial charge in [-0.05, 0) is 67.3 Å². The molecule has 0 radical (unpaired) electrons. The predicted octanol–water partition coefficient (Wildman–Crippen LogP) is 4.14. The van der Waals surface area contributed by atoms with Crippen LogP contribution in [-0.4, -0.2) is 120 Å². The van der Waals surface area contributed by atoms with Gasteiger partial charge in [-0.25, -0.2) is 4.39 Å². The lowest BCUT2D eigenvalue weighted by Crippen LogP contribution is -2.54. The number of piperidine rings is 2. The number of amides is 3. The first-order chi connectivity index (χ1) is 28.7. The summed E-state index contributed by atoms with van der Waals surface area (Å²) >= 11 is 0. The average molecular weight is 804 g/mol. The minimum Gasteiger partial charge on any atom is -0.507 e. The van der Waals surface area contributed by atoms with Crippen LogP contribution < -0.4 is 30.5 Å². The fourth-order valence-corrected chi connectivity index (χ4v) is 9.57. The van der Waals surface area contributed by atoms with E-state index in [1.165, 1.54) is 6.07 Å². The molecule has 0 unspecified atom stereocenters. The van der Waals surface area contributed by atoms with E-state index < -0.39 is 5.92 Å². The number of para-hydroxylation sites is 1. The number of likely N-dealkylation sites (tertiary alicyclic amines) is 1. The van der Waals surface area contributed by atoms with Crippen molar-refractivity contribution in [1.82, 2.24) is 25.3 Å². The Kier molecular flexibility index (Phi) is 10.7. The van der Waals surface area contributed by atoms with Crippen LogP contribution in [0.25, 0.3) is 11.3 Å². The zero-order chi connectivity index (χ0) is 40.6. The summed E-state index contributed by atoms with van der Waals surface area (Å²) in [4.78, 5) is 48.0. The fraction of sp³-hybridized carbons (Fsp3) is 0.432. The van der Waals surface area contributed by atoms with Crippen LogP contribution in [0.1, 0.15) is 50.0 Å². The molecule has 0 spiro atoms. The van der Waals surface area contributed by atoms with E-state index in [1.54, 1.807) is 24.3 Å². The van der Waals surface area contributed by atoms with Gasteiger partial charge in [0.2, 0.25) is 17.7 Å². The first kappa shape index (κ1) is 38.6. The van der Waals surface area contributed by atoms with Crippen molar-refractivity contribution >= 4 is 40.6 Å². The number of benzene rings is 3. The van der Waals surface area contributed by atoms with Crippen molar-refractivity contribution in [3.8, 4) is 22.8 Å². The van der Waals surface area contributed by atoms with E-state index >= 15 is 4.39 Å². The molecular formula is C44H50FN9O5. The number of halogens is 1. The quantitative estimate of drug-likeness (QED) is 0.208. The maximum atomic E-state index is 15.2. The highest BCUT2D eigenvalue weighted by Gasteiger charge is 2.41. The molecule has 308 valence electrons. The second kappa shape index (κ2) is 16.4. The van der Waals surface area contributed by atoms with Crippen molar-refractivity contribution in [1.29, 1.82) is 0 Å².